The molecule has 0 unspecified atom stereocenters. The van der Waals surface area contributed by atoms with Crippen molar-refractivity contribution in [2.45, 2.75) is 46.0 Å². The Labute approximate surface area is 104 Å². The van der Waals surface area contributed by atoms with Gasteiger partial charge in [0, 0.05) is 5.56 Å². The molecule has 0 bridgehead atoms. The molecule has 0 saturated carbocycles. The molecular weight excluding hydrogens is 208 g/mol. The number of carbonyl (C=O) groups excluding carboxylic acids is 1. The molecule has 1 aliphatic rings. The number of hydrogen-bond donors (Lipinski definition) is 0. The lowest BCUT2D eigenvalue weighted by Gasteiger charge is -2.18. The number of hydrogen-bond acceptors (Lipinski definition) is 1. The van der Waals surface area contributed by atoms with E-state index in [1.165, 1.54) is 17.6 Å². The molecule has 2 rings (SSSR count). The lowest BCUT2D eigenvalue weighted by molar-refractivity contribution is 0.102. The van der Waals surface area contributed by atoms with Gasteiger partial charge in [-0.3, -0.25) is 4.79 Å². The van der Waals surface area contributed by atoms with Gasteiger partial charge in [0.1, 0.15) is 0 Å². The molecule has 0 aromatic heterocycles. The van der Waals surface area contributed by atoms with Gasteiger partial charge in [-0.1, -0.05) is 42.3 Å². The van der Waals surface area contributed by atoms with Crippen molar-refractivity contribution >= 4 is 5.78 Å². The Morgan fingerprint density at radius 1 is 1.12 bits per heavy atom. The van der Waals surface area contributed by atoms with Gasteiger partial charge in [-0.25, -0.2) is 0 Å². The molecule has 1 aromatic carbocycles. The van der Waals surface area contributed by atoms with Crippen LogP contribution in [0.1, 0.15) is 54.9 Å². The van der Waals surface area contributed by atoms with E-state index in [-0.39, 0.29) is 5.78 Å². The highest BCUT2D eigenvalue weighted by Crippen LogP contribution is 2.29. The Bertz CT molecular complexity index is 437. The fraction of sp³-hybridized carbons (Fsp3) is 0.438. The van der Waals surface area contributed by atoms with E-state index in [0.29, 0.717) is 0 Å². The molecule has 0 atom stereocenters. The van der Waals surface area contributed by atoms with Gasteiger partial charge in [0.25, 0.3) is 0 Å². The zero-order valence-corrected chi connectivity index (χ0v) is 10.8. The van der Waals surface area contributed by atoms with Gasteiger partial charge >= 0.3 is 0 Å². The van der Waals surface area contributed by atoms with Gasteiger partial charge in [-0.05, 0) is 44.6 Å². The highest BCUT2D eigenvalue weighted by Gasteiger charge is 2.18. The van der Waals surface area contributed by atoms with Gasteiger partial charge in [0.05, 0.1) is 0 Å². The van der Waals surface area contributed by atoms with E-state index in [1.54, 1.807) is 0 Å². The van der Waals surface area contributed by atoms with Crippen LogP contribution < -0.4 is 0 Å². The largest absolute Gasteiger partial charge is 0.289 e. The molecule has 0 radical (unpaired) electrons. The quantitative estimate of drug-likeness (QED) is 0.698. The smallest absolute Gasteiger partial charge is 0.188 e. The molecule has 1 nitrogen and oxygen atoms in total. The predicted molar refractivity (Wildman–Crippen MR) is 71.3 cm³/mol. The predicted octanol–water partition coefficient (Wildman–Crippen LogP) is 4.46. The van der Waals surface area contributed by atoms with Crippen LogP contribution in [0.3, 0.4) is 0 Å². The summed E-state index contributed by atoms with van der Waals surface area (Å²) in [5.74, 6) is 0.251. The molecule has 0 aliphatic heterocycles. The van der Waals surface area contributed by atoms with E-state index in [0.717, 1.165) is 36.8 Å². The minimum atomic E-state index is 0.251. The maximum absolute atomic E-state index is 12.4. The third-order valence-electron chi connectivity index (χ3n) is 3.60. The molecule has 1 heteroatoms. The van der Waals surface area contributed by atoms with E-state index in [4.69, 9.17) is 0 Å². The standard InChI is InChI=1S/C16H20O/c1-3-13-6-4-5-7-15(13)16(17)14-10-8-12(2)9-11-14/h8-11H,3-7H2,1-2H3. The Kier molecular flexibility index (Phi) is 3.78. The van der Waals surface area contributed by atoms with Crippen LogP contribution in [-0.4, -0.2) is 5.78 Å². The van der Waals surface area contributed by atoms with Gasteiger partial charge in [0.15, 0.2) is 5.78 Å². The van der Waals surface area contributed by atoms with Gasteiger partial charge < -0.3 is 0 Å². The lowest BCUT2D eigenvalue weighted by Crippen LogP contribution is -2.10. The molecule has 0 N–H and O–H groups in total. The van der Waals surface area contributed by atoms with Crippen molar-refractivity contribution in [2.75, 3.05) is 0 Å². The first-order valence-corrected chi connectivity index (χ1v) is 6.54. The molecular formula is C16H20O. The minimum absolute atomic E-state index is 0.251. The number of Topliss-reactive ketones (excluding diaryl/α,β-unsaturated/α-hetero) is 1. The molecule has 0 amide bonds. The topological polar surface area (TPSA) is 17.1 Å². The van der Waals surface area contributed by atoms with Gasteiger partial charge in [-0.15, -0.1) is 0 Å². The highest BCUT2D eigenvalue weighted by molar-refractivity contribution is 6.09. The summed E-state index contributed by atoms with van der Waals surface area (Å²) in [6.45, 7) is 4.20. The van der Waals surface area contributed by atoms with Crippen LogP contribution in [0.25, 0.3) is 0 Å². The second kappa shape index (κ2) is 5.31. The number of benzene rings is 1. The van der Waals surface area contributed by atoms with Crippen molar-refractivity contribution in [1.82, 2.24) is 0 Å². The SMILES string of the molecule is CCC1=C(C(=O)c2ccc(C)cc2)CCCC1. The van der Waals surface area contributed by atoms with Crippen LogP contribution in [0, 0.1) is 6.92 Å². The molecule has 0 heterocycles. The van der Waals surface area contributed by atoms with Crippen molar-refractivity contribution < 1.29 is 4.79 Å². The molecule has 1 aromatic rings. The zero-order chi connectivity index (χ0) is 12.3. The number of rotatable bonds is 3. The third-order valence-corrected chi connectivity index (χ3v) is 3.60. The fourth-order valence-corrected chi connectivity index (χ4v) is 2.51. The minimum Gasteiger partial charge on any atom is -0.289 e. The molecule has 0 spiro atoms. The number of allylic oxidation sites excluding steroid dienone is 2. The molecule has 90 valence electrons. The molecule has 1 aliphatic carbocycles. The second-order valence-electron chi connectivity index (χ2n) is 4.84. The lowest BCUT2D eigenvalue weighted by atomic mass is 9.86. The van der Waals surface area contributed by atoms with E-state index in [2.05, 4.69) is 6.92 Å². The average molecular weight is 228 g/mol. The Morgan fingerprint density at radius 2 is 1.76 bits per heavy atom. The number of aryl methyl sites for hydroxylation is 1. The third kappa shape index (κ3) is 2.66. The van der Waals surface area contributed by atoms with Crippen molar-refractivity contribution in [3.05, 3.63) is 46.5 Å². The van der Waals surface area contributed by atoms with E-state index >= 15 is 0 Å². The maximum Gasteiger partial charge on any atom is 0.188 e. The highest BCUT2D eigenvalue weighted by atomic mass is 16.1. The first-order valence-electron chi connectivity index (χ1n) is 6.54. The summed E-state index contributed by atoms with van der Waals surface area (Å²) >= 11 is 0. The van der Waals surface area contributed by atoms with Crippen molar-refractivity contribution in [2.24, 2.45) is 0 Å². The summed E-state index contributed by atoms with van der Waals surface area (Å²) in [5, 5.41) is 0. The Balaban J connectivity index is 2.30. The fourth-order valence-electron chi connectivity index (χ4n) is 2.51. The van der Waals surface area contributed by atoms with Gasteiger partial charge in [-0.2, -0.15) is 0 Å². The van der Waals surface area contributed by atoms with Crippen molar-refractivity contribution in [1.29, 1.82) is 0 Å². The first kappa shape index (κ1) is 12.1. The van der Waals surface area contributed by atoms with Crippen LogP contribution in [0.2, 0.25) is 0 Å². The number of ketones is 1. The maximum atomic E-state index is 12.4. The Morgan fingerprint density at radius 3 is 2.41 bits per heavy atom. The summed E-state index contributed by atoms with van der Waals surface area (Å²) in [6.07, 6.45) is 5.51. The van der Waals surface area contributed by atoms with Crippen LogP contribution in [0.4, 0.5) is 0 Å². The normalized spacial score (nSPS) is 16.1. The summed E-state index contributed by atoms with van der Waals surface area (Å²) in [4.78, 5) is 12.4. The van der Waals surface area contributed by atoms with Gasteiger partial charge in [0.2, 0.25) is 0 Å². The van der Waals surface area contributed by atoms with Crippen molar-refractivity contribution in [3.63, 3.8) is 0 Å². The van der Waals surface area contributed by atoms with Crippen LogP contribution >= 0.6 is 0 Å². The first-order chi connectivity index (χ1) is 8.22. The van der Waals surface area contributed by atoms with E-state index in [9.17, 15) is 4.79 Å². The number of carbonyl (C=O) groups is 1. The van der Waals surface area contributed by atoms with Crippen molar-refractivity contribution in [3.8, 4) is 0 Å². The Hall–Kier alpha value is -1.37. The summed E-state index contributed by atoms with van der Waals surface area (Å²) in [6, 6.07) is 7.93. The van der Waals surface area contributed by atoms with E-state index < -0.39 is 0 Å². The second-order valence-corrected chi connectivity index (χ2v) is 4.84. The molecule has 17 heavy (non-hydrogen) atoms. The van der Waals surface area contributed by atoms with E-state index in [1.807, 2.05) is 31.2 Å². The van der Waals surface area contributed by atoms with Crippen LogP contribution in [-0.2, 0) is 0 Å². The summed E-state index contributed by atoms with van der Waals surface area (Å²) in [7, 11) is 0. The monoisotopic (exact) mass is 228 g/mol. The molecule has 0 saturated heterocycles. The average Bonchev–Trinajstić information content (AvgIpc) is 2.39. The molecule has 0 fully saturated rings. The van der Waals surface area contributed by atoms with Crippen LogP contribution in [0.5, 0.6) is 0 Å². The summed E-state index contributed by atoms with van der Waals surface area (Å²) in [5.41, 5.74) is 4.51. The summed E-state index contributed by atoms with van der Waals surface area (Å²) < 4.78 is 0. The zero-order valence-electron chi connectivity index (χ0n) is 10.8. The van der Waals surface area contributed by atoms with Crippen LogP contribution in [0.15, 0.2) is 35.4 Å².